The highest BCUT2D eigenvalue weighted by Gasteiger charge is 2.15. The Morgan fingerprint density at radius 2 is 2.04 bits per heavy atom. The molecule has 0 aliphatic heterocycles. The molecule has 1 atom stereocenters. The van der Waals surface area contributed by atoms with Gasteiger partial charge in [0.2, 0.25) is 5.91 Å². The zero-order chi connectivity index (χ0) is 17.5. The lowest BCUT2D eigenvalue weighted by Crippen LogP contribution is -2.24. The lowest BCUT2D eigenvalue weighted by Gasteiger charge is -2.13. The van der Waals surface area contributed by atoms with Crippen LogP contribution in [0.5, 0.6) is 5.75 Å². The third kappa shape index (κ3) is 5.53. The van der Waals surface area contributed by atoms with Crippen molar-refractivity contribution in [2.75, 3.05) is 17.7 Å². The van der Waals surface area contributed by atoms with Crippen molar-refractivity contribution in [1.82, 2.24) is 0 Å². The van der Waals surface area contributed by atoms with Gasteiger partial charge in [-0.1, -0.05) is 12.1 Å². The number of benzene rings is 2. The average molecular weight is 351 g/mol. The topological polar surface area (TPSA) is 38.3 Å². The van der Waals surface area contributed by atoms with Crippen LogP contribution in [0, 0.1) is 18.6 Å². The summed E-state index contributed by atoms with van der Waals surface area (Å²) in [5.74, 6) is -0.388. The number of nitrogens with one attached hydrogen (secondary N) is 1. The summed E-state index contributed by atoms with van der Waals surface area (Å²) in [6, 6.07) is 10.8. The smallest absolute Gasteiger partial charge is 0.237 e. The Morgan fingerprint density at radius 3 is 2.75 bits per heavy atom. The van der Waals surface area contributed by atoms with Crippen LogP contribution in [-0.2, 0) is 4.79 Å². The molecule has 0 radical (unpaired) electrons. The number of ether oxygens (including phenoxy) is 1. The first-order chi connectivity index (χ1) is 11.5. The number of thioether (sulfide) groups is 1. The highest BCUT2D eigenvalue weighted by atomic mass is 32.2. The van der Waals surface area contributed by atoms with Gasteiger partial charge in [0.15, 0.2) is 0 Å². The summed E-state index contributed by atoms with van der Waals surface area (Å²) >= 11 is 1.40. The second kappa shape index (κ2) is 8.68. The molecule has 0 spiro atoms. The molecule has 0 aromatic heterocycles. The van der Waals surface area contributed by atoms with Crippen LogP contribution in [0.15, 0.2) is 42.5 Å². The molecular weight excluding hydrogens is 332 g/mol. The fourth-order valence-electron chi connectivity index (χ4n) is 1.99. The third-order valence-electron chi connectivity index (χ3n) is 3.27. The quantitative estimate of drug-likeness (QED) is 0.751. The molecule has 1 N–H and O–H groups in total. The monoisotopic (exact) mass is 351 g/mol. The molecule has 0 bridgehead atoms. The van der Waals surface area contributed by atoms with E-state index >= 15 is 0 Å². The van der Waals surface area contributed by atoms with E-state index in [1.165, 1.54) is 17.8 Å². The maximum absolute atomic E-state index is 13.5. The van der Waals surface area contributed by atoms with Crippen molar-refractivity contribution in [3.63, 3.8) is 0 Å². The highest BCUT2D eigenvalue weighted by molar-refractivity contribution is 8.00. The number of aryl methyl sites for hydroxylation is 1. The van der Waals surface area contributed by atoms with Crippen molar-refractivity contribution in [2.24, 2.45) is 0 Å². The van der Waals surface area contributed by atoms with E-state index in [9.17, 15) is 13.6 Å². The Hall–Kier alpha value is -2.08. The fraction of sp³-hybridized carbons (Fsp3) is 0.278. The van der Waals surface area contributed by atoms with Crippen molar-refractivity contribution in [3.05, 3.63) is 59.7 Å². The van der Waals surface area contributed by atoms with E-state index in [1.807, 2.05) is 31.2 Å². The number of carbonyl (C=O) groups excluding carboxylic acids is 1. The Balaban J connectivity index is 1.75. The van der Waals surface area contributed by atoms with Gasteiger partial charge < -0.3 is 10.1 Å². The van der Waals surface area contributed by atoms with E-state index in [-0.39, 0.29) is 16.8 Å². The molecule has 0 saturated carbocycles. The van der Waals surface area contributed by atoms with E-state index < -0.39 is 11.6 Å². The van der Waals surface area contributed by atoms with Gasteiger partial charge in [-0.05, 0) is 43.7 Å². The van der Waals surface area contributed by atoms with Crippen LogP contribution in [0.25, 0.3) is 0 Å². The second-order valence-electron chi connectivity index (χ2n) is 5.29. The molecule has 0 heterocycles. The number of rotatable bonds is 7. The largest absolute Gasteiger partial charge is 0.493 e. The zero-order valence-electron chi connectivity index (χ0n) is 13.5. The summed E-state index contributed by atoms with van der Waals surface area (Å²) < 4.78 is 32.0. The molecule has 0 aliphatic rings. The van der Waals surface area contributed by atoms with Gasteiger partial charge in [-0.25, -0.2) is 8.78 Å². The average Bonchev–Trinajstić information content (AvgIpc) is 2.54. The molecule has 2 aromatic carbocycles. The summed E-state index contributed by atoms with van der Waals surface area (Å²) in [5, 5.41) is 2.08. The van der Waals surface area contributed by atoms with Crippen molar-refractivity contribution in [3.8, 4) is 5.75 Å². The highest BCUT2D eigenvalue weighted by Crippen LogP contribution is 2.18. The standard InChI is InChI=1S/C18H19F2NO2S/c1-12-4-3-5-15(10-12)23-8-9-24-13(2)18(22)21-17-7-6-14(19)11-16(17)20/h3-7,10-11,13H,8-9H2,1-2H3,(H,21,22). The van der Waals surface area contributed by atoms with Crippen LogP contribution in [0.4, 0.5) is 14.5 Å². The van der Waals surface area contributed by atoms with E-state index in [0.717, 1.165) is 23.4 Å². The SMILES string of the molecule is Cc1cccc(OCCSC(C)C(=O)Nc2ccc(F)cc2F)c1. The molecule has 1 unspecified atom stereocenters. The summed E-state index contributed by atoms with van der Waals surface area (Å²) in [6.07, 6.45) is 0. The minimum atomic E-state index is -0.789. The number of hydrogen-bond acceptors (Lipinski definition) is 3. The van der Waals surface area contributed by atoms with E-state index in [1.54, 1.807) is 6.92 Å². The van der Waals surface area contributed by atoms with Crippen molar-refractivity contribution < 1.29 is 18.3 Å². The number of anilines is 1. The summed E-state index contributed by atoms with van der Waals surface area (Å²) in [6.45, 7) is 4.19. The Labute approximate surface area is 144 Å². The van der Waals surface area contributed by atoms with Crippen LogP contribution >= 0.6 is 11.8 Å². The number of hydrogen-bond donors (Lipinski definition) is 1. The van der Waals surface area contributed by atoms with Gasteiger partial charge in [0.25, 0.3) is 0 Å². The second-order valence-corrected chi connectivity index (χ2v) is 6.74. The fourth-order valence-corrected chi connectivity index (χ4v) is 2.73. The first kappa shape index (κ1) is 18.3. The molecule has 0 fully saturated rings. The summed E-state index contributed by atoms with van der Waals surface area (Å²) in [7, 11) is 0. The Morgan fingerprint density at radius 1 is 1.25 bits per heavy atom. The minimum Gasteiger partial charge on any atom is -0.493 e. The third-order valence-corrected chi connectivity index (χ3v) is 4.38. The van der Waals surface area contributed by atoms with Crippen LogP contribution in [-0.4, -0.2) is 23.5 Å². The number of amides is 1. The Bertz CT molecular complexity index is 709. The maximum Gasteiger partial charge on any atom is 0.237 e. The number of carbonyl (C=O) groups is 1. The molecule has 2 rings (SSSR count). The predicted octanol–water partition coefficient (Wildman–Crippen LogP) is 4.41. The van der Waals surface area contributed by atoms with Crippen LogP contribution in [0.2, 0.25) is 0 Å². The first-order valence-electron chi connectivity index (χ1n) is 7.52. The lowest BCUT2D eigenvalue weighted by atomic mass is 10.2. The summed E-state index contributed by atoms with van der Waals surface area (Å²) in [4.78, 5) is 12.0. The van der Waals surface area contributed by atoms with Gasteiger partial charge in [-0.3, -0.25) is 4.79 Å². The molecule has 0 aliphatic carbocycles. The van der Waals surface area contributed by atoms with Crippen molar-refractivity contribution in [1.29, 1.82) is 0 Å². The van der Waals surface area contributed by atoms with Gasteiger partial charge >= 0.3 is 0 Å². The van der Waals surface area contributed by atoms with Gasteiger partial charge in [0, 0.05) is 11.8 Å². The van der Waals surface area contributed by atoms with Crippen LogP contribution in [0.3, 0.4) is 0 Å². The maximum atomic E-state index is 13.5. The van der Waals surface area contributed by atoms with E-state index in [2.05, 4.69) is 5.32 Å². The van der Waals surface area contributed by atoms with Gasteiger partial charge in [-0.2, -0.15) is 0 Å². The Kier molecular flexibility index (Phi) is 6.61. The molecule has 0 saturated heterocycles. The predicted molar refractivity (Wildman–Crippen MR) is 93.6 cm³/mol. The molecule has 128 valence electrons. The van der Waals surface area contributed by atoms with Gasteiger partial charge in [0.05, 0.1) is 17.5 Å². The van der Waals surface area contributed by atoms with Crippen LogP contribution < -0.4 is 10.1 Å². The van der Waals surface area contributed by atoms with Crippen LogP contribution in [0.1, 0.15) is 12.5 Å². The number of halogens is 2. The lowest BCUT2D eigenvalue weighted by molar-refractivity contribution is -0.115. The minimum absolute atomic E-state index is 0.0233. The molecular formula is C18H19F2NO2S. The van der Waals surface area contributed by atoms with Crippen molar-refractivity contribution >= 4 is 23.4 Å². The van der Waals surface area contributed by atoms with E-state index in [0.29, 0.717) is 12.4 Å². The van der Waals surface area contributed by atoms with Gasteiger partial charge in [0.1, 0.15) is 17.4 Å². The first-order valence-corrected chi connectivity index (χ1v) is 8.57. The van der Waals surface area contributed by atoms with Gasteiger partial charge in [-0.15, -0.1) is 11.8 Å². The zero-order valence-corrected chi connectivity index (χ0v) is 14.3. The summed E-state index contributed by atoms with van der Waals surface area (Å²) in [5.41, 5.74) is 1.10. The normalized spacial score (nSPS) is 11.8. The van der Waals surface area contributed by atoms with E-state index in [4.69, 9.17) is 4.74 Å². The molecule has 24 heavy (non-hydrogen) atoms. The molecule has 3 nitrogen and oxygen atoms in total. The molecule has 1 amide bonds. The molecule has 6 heteroatoms. The molecule has 2 aromatic rings. The van der Waals surface area contributed by atoms with Crippen molar-refractivity contribution in [2.45, 2.75) is 19.1 Å².